The molecule has 4 nitrogen and oxygen atoms in total. The molecule has 0 spiro atoms. The third-order valence-electron chi connectivity index (χ3n) is 2.32. The van der Waals surface area contributed by atoms with E-state index in [0.29, 0.717) is 16.6 Å². The van der Waals surface area contributed by atoms with Gasteiger partial charge in [-0.15, -0.1) is 0 Å². The van der Waals surface area contributed by atoms with E-state index < -0.39 is 0 Å². The number of hydrogen-bond acceptors (Lipinski definition) is 3. The van der Waals surface area contributed by atoms with Gasteiger partial charge >= 0.3 is 0 Å². The van der Waals surface area contributed by atoms with Crippen LogP contribution in [-0.4, -0.2) is 16.9 Å². The van der Waals surface area contributed by atoms with Gasteiger partial charge in [0.15, 0.2) is 0 Å². The highest BCUT2D eigenvalue weighted by Crippen LogP contribution is 2.28. The molecule has 0 atom stereocenters. The SMILES string of the molecule is COc1cc(Cl)cc(-c2cc(N)n(C)n2)c1. The maximum Gasteiger partial charge on any atom is 0.121 e. The van der Waals surface area contributed by atoms with Crippen LogP contribution >= 0.6 is 11.6 Å². The number of methoxy groups -OCH3 is 1. The van der Waals surface area contributed by atoms with Crippen molar-refractivity contribution < 1.29 is 4.74 Å². The van der Waals surface area contributed by atoms with Gasteiger partial charge in [0.2, 0.25) is 0 Å². The molecular weight excluding hydrogens is 226 g/mol. The normalized spacial score (nSPS) is 10.4. The van der Waals surface area contributed by atoms with Crippen LogP contribution in [0.3, 0.4) is 0 Å². The number of anilines is 1. The molecule has 5 heteroatoms. The van der Waals surface area contributed by atoms with Crippen LogP contribution in [-0.2, 0) is 7.05 Å². The molecule has 0 unspecified atom stereocenters. The number of nitrogens with zero attached hydrogens (tertiary/aromatic N) is 2. The number of aryl methyl sites for hydroxylation is 1. The maximum atomic E-state index is 5.98. The molecule has 16 heavy (non-hydrogen) atoms. The predicted molar refractivity (Wildman–Crippen MR) is 64.6 cm³/mol. The molecule has 0 bridgehead atoms. The Morgan fingerprint density at radius 3 is 2.62 bits per heavy atom. The lowest BCUT2D eigenvalue weighted by Crippen LogP contribution is -1.96. The number of nitrogens with two attached hydrogens (primary N) is 1. The Hall–Kier alpha value is -1.68. The Bertz CT molecular complexity index is 502. The number of benzene rings is 1. The average Bonchev–Trinajstić information content (AvgIpc) is 2.58. The number of ether oxygens (including phenoxy) is 1. The number of nitrogen functional groups attached to an aromatic ring is 1. The van der Waals surface area contributed by atoms with Crippen molar-refractivity contribution in [1.82, 2.24) is 9.78 Å². The lowest BCUT2D eigenvalue weighted by atomic mass is 10.1. The number of rotatable bonds is 2. The molecule has 0 aliphatic heterocycles. The number of aromatic nitrogens is 2. The summed E-state index contributed by atoms with van der Waals surface area (Å²) in [7, 11) is 3.39. The predicted octanol–water partition coefficient (Wildman–Crippen LogP) is 2.33. The van der Waals surface area contributed by atoms with E-state index in [4.69, 9.17) is 22.1 Å². The van der Waals surface area contributed by atoms with E-state index in [-0.39, 0.29) is 0 Å². The van der Waals surface area contributed by atoms with Crippen molar-refractivity contribution in [1.29, 1.82) is 0 Å². The zero-order valence-corrected chi connectivity index (χ0v) is 9.82. The summed E-state index contributed by atoms with van der Waals surface area (Å²) in [6.45, 7) is 0. The van der Waals surface area contributed by atoms with E-state index in [1.54, 1.807) is 31.0 Å². The van der Waals surface area contributed by atoms with Crippen molar-refractivity contribution in [2.45, 2.75) is 0 Å². The average molecular weight is 238 g/mol. The lowest BCUT2D eigenvalue weighted by Gasteiger charge is -2.03. The maximum absolute atomic E-state index is 5.98. The molecule has 1 aromatic heterocycles. The van der Waals surface area contributed by atoms with Crippen molar-refractivity contribution in [3.05, 3.63) is 29.3 Å². The molecule has 1 heterocycles. The fraction of sp³-hybridized carbons (Fsp3) is 0.182. The van der Waals surface area contributed by atoms with Crippen molar-refractivity contribution in [2.75, 3.05) is 12.8 Å². The van der Waals surface area contributed by atoms with Crippen LogP contribution in [0.15, 0.2) is 24.3 Å². The van der Waals surface area contributed by atoms with Crippen LogP contribution in [0.4, 0.5) is 5.82 Å². The molecule has 0 saturated heterocycles. The van der Waals surface area contributed by atoms with Crippen LogP contribution in [0.5, 0.6) is 5.75 Å². The fourth-order valence-electron chi connectivity index (χ4n) is 1.45. The summed E-state index contributed by atoms with van der Waals surface area (Å²) in [6.07, 6.45) is 0. The Balaban J connectivity index is 2.50. The summed E-state index contributed by atoms with van der Waals surface area (Å²) in [5, 5.41) is 4.88. The smallest absolute Gasteiger partial charge is 0.121 e. The number of hydrogen-bond donors (Lipinski definition) is 1. The van der Waals surface area contributed by atoms with E-state index in [0.717, 1.165) is 11.3 Å². The summed E-state index contributed by atoms with van der Waals surface area (Å²) in [5.74, 6) is 1.31. The largest absolute Gasteiger partial charge is 0.497 e. The first-order chi connectivity index (χ1) is 7.60. The van der Waals surface area contributed by atoms with Crippen LogP contribution < -0.4 is 10.5 Å². The highest BCUT2D eigenvalue weighted by Gasteiger charge is 2.07. The van der Waals surface area contributed by atoms with E-state index in [2.05, 4.69) is 5.10 Å². The minimum Gasteiger partial charge on any atom is -0.497 e. The zero-order valence-electron chi connectivity index (χ0n) is 9.07. The third-order valence-corrected chi connectivity index (χ3v) is 2.54. The second kappa shape index (κ2) is 4.06. The molecule has 0 aliphatic rings. The molecule has 1 aromatic carbocycles. The molecule has 0 radical (unpaired) electrons. The van der Waals surface area contributed by atoms with Crippen molar-refractivity contribution in [3.8, 4) is 17.0 Å². The fourth-order valence-corrected chi connectivity index (χ4v) is 1.68. The molecule has 0 saturated carbocycles. The number of halogens is 1. The van der Waals surface area contributed by atoms with Crippen LogP contribution in [0.2, 0.25) is 5.02 Å². The molecule has 2 rings (SSSR count). The molecule has 0 amide bonds. The topological polar surface area (TPSA) is 53.1 Å². The zero-order chi connectivity index (χ0) is 11.7. The van der Waals surface area contributed by atoms with Crippen LogP contribution in [0.25, 0.3) is 11.3 Å². The third kappa shape index (κ3) is 1.97. The van der Waals surface area contributed by atoms with Crippen LogP contribution in [0.1, 0.15) is 0 Å². The Morgan fingerprint density at radius 2 is 2.06 bits per heavy atom. The van der Waals surface area contributed by atoms with Gasteiger partial charge in [0.1, 0.15) is 11.6 Å². The minimum atomic E-state index is 0.606. The second-order valence-electron chi connectivity index (χ2n) is 3.46. The lowest BCUT2D eigenvalue weighted by molar-refractivity contribution is 0.415. The van der Waals surface area contributed by atoms with Gasteiger partial charge in [-0.3, -0.25) is 4.68 Å². The highest BCUT2D eigenvalue weighted by molar-refractivity contribution is 6.31. The van der Waals surface area contributed by atoms with E-state index in [1.807, 2.05) is 12.1 Å². The van der Waals surface area contributed by atoms with Crippen molar-refractivity contribution in [3.63, 3.8) is 0 Å². The van der Waals surface area contributed by atoms with Crippen molar-refractivity contribution in [2.24, 2.45) is 7.05 Å². The Morgan fingerprint density at radius 1 is 1.31 bits per heavy atom. The Labute approximate surface area is 98.6 Å². The van der Waals surface area contributed by atoms with Gasteiger partial charge in [0, 0.05) is 23.7 Å². The summed E-state index contributed by atoms with van der Waals surface area (Å²) in [6, 6.07) is 7.24. The standard InChI is InChI=1S/C11H12ClN3O/c1-15-11(13)6-10(14-15)7-3-8(12)5-9(4-7)16-2/h3-6H,13H2,1-2H3. The summed E-state index contributed by atoms with van der Waals surface area (Å²) >= 11 is 5.98. The molecule has 2 N–H and O–H groups in total. The van der Waals surface area contributed by atoms with E-state index >= 15 is 0 Å². The van der Waals surface area contributed by atoms with Gasteiger partial charge in [-0.25, -0.2) is 0 Å². The first-order valence-corrected chi connectivity index (χ1v) is 5.12. The van der Waals surface area contributed by atoms with Crippen LogP contribution in [0, 0.1) is 0 Å². The minimum absolute atomic E-state index is 0.606. The van der Waals surface area contributed by atoms with Gasteiger partial charge in [-0.05, 0) is 18.2 Å². The summed E-state index contributed by atoms with van der Waals surface area (Å²) in [4.78, 5) is 0. The molecule has 2 aromatic rings. The molecular formula is C11H12ClN3O. The summed E-state index contributed by atoms with van der Waals surface area (Å²) in [5.41, 5.74) is 7.39. The van der Waals surface area contributed by atoms with Gasteiger partial charge in [0.25, 0.3) is 0 Å². The van der Waals surface area contributed by atoms with Gasteiger partial charge < -0.3 is 10.5 Å². The highest BCUT2D eigenvalue weighted by atomic mass is 35.5. The molecule has 0 fully saturated rings. The van der Waals surface area contributed by atoms with Gasteiger partial charge in [-0.1, -0.05) is 11.6 Å². The van der Waals surface area contributed by atoms with Gasteiger partial charge in [0.05, 0.1) is 12.8 Å². The molecule has 84 valence electrons. The van der Waals surface area contributed by atoms with Gasteiger partial charge in [-0.2, -0.15) is 5.10 Å². The van der Waals surface area contributed by atoms with E-state index in [9.17, 15) is 0 Å². The Kier molecular flexibility index (Phi) is 2.75. The van der Waals surface area contributed by atoms with E-state index in [1.165, 1.54) is 0 Å². The summed E-state index contributed by atoms with van der Waals surface area (Å²) < 4.78 is 6.76. The monoisotopic (exact) mass is 237 g/mol. The quantitative estimate of drug-likeness (QED) is 0.872. The van der Waals surface area contributed by atoms with Crippen molar-refractivity contribution >= 4 is 17.4 Å². The second-order valence-corrected chi connectivity index (χ2v) is 3.89. The molecule has 0 aliphatic carbocycles. The first-order valence-electron chi connectivity index (χ1n) is 4.74. The first kappa shape index (κ1) is 10.8.